The van der Waals surface area contributed by atoms with Gasteiger partial charge in [-0.25, -0.2) is 4.98 Å². The molecule has 0 fully saturated rings. The highest BCUT2D eigenvalue weighted by atomic mass is 35.5. The van der Waals surface area contributed by atoms with Gasteiger partial charge in [0.15, 0.2) is 0 Å². The fraction of sp³-hybridized carbons (Fsp3) is 0.286. The molecule has 6 nitrogen and oxygen atoms in total. The quantitative estimate of drug-likeness (QED) is 0.807. The smallest absolute Gasteiger partial charge is 0.275 e. The Hall–Kier alpha value is -1.54. The highest BCUT2D eigenvalue weighted by Gasteiger charge is 2.15. The van der Waals surface area contributed by atoms with Gasteiger partial charge in [0.2, 0.25) is 0 Å². The van der Waals surface area contributed by atoms with Crippen LogP contribution in [0.15, 0.2) is 17.5 Å². The van der Waals surface area contributed by atoms with E-state index in [-0.39, 0.29) is 18.3 Å². The Morgan fingerprint density at radius 2 is 2.04 bits per heavy atom. The molecule has 0 radical (unpaired) electrons. The van der Waals surface area contributed by atoms with Crippen molar-refractivity contribution in [3.05, 3.63) is 33.2 Å². The molecule has 0 saturated heterocycles. The summed E-state index contributed by atoms with van der Waals surface area (Å²) < 4.78 is 10.4. The molecule has 126 valence electrons. The fourth-order valence-electron chi connectivity index (χ4n) is 1.80. The minimum Gasteiger partial charge on any atom is -0.495 e. The molecule has 1 amide bonds. The second-order valence-electron chi connectivity index (χ2n) is 4.31. The Labute approximate surface area is 149 Å². The molecule has 0 unspecified atom stereocenters. The van der Waals surface area contributed by atoms with Crippen molar-refractivity contribution < 1.29 is 14.3 Å². The van der Waals surface area contributed by atoms with Gasteiger partial charge >= 0.3 is 0 Å². The average Bonchev–Trinajstić information content (AvgIpc) is 2.97. The largest absolute Gasteiger partial charge is 0.495 e. The lowest BCUT2D eigenvalue weighted by Gasteiger charge is -2.12. The van der Waals surface area contributed by atoms with Crippen molar-refractivity contribution in [2.75, 3.05) is 26.1 Å². The van der Waals surface area contributed by atoms with Crippen LogP contribution >= 0.6 is 35.3 Å². The number of thiazole rings is 1. The second-order valence-corrected chi connectivity index (χ2v) is 5.66. The predicted molar refractivity (Wildman–Crippen MR) is 94.6 cm³/mol. The van der Waals surface area contributed by atoms with Crippen LogP contribution in [-0.2, 0) is 6.42 Å². The summed E-state index contributed by atoms with van der Waals surface area (Å²) >= 11 is 7.48. The van der Waals surface area contributed by atoms with Crippen molar-refractivity contribution in [2.45, 2.75) is 6.42 Å². The summed E-state index contributed by atoms with van der Waals surface area (Å²) in [6, 6.07) is 3.18. The molecular formula is C14H17Cl2N3O3S. The molecular weight excluding hydrogens is 361 g/mol. The summed E-state index contributed by atoms with van der Waals surface area (Å²) in [5, 5.41) is 5.63. The van der Waals surface area contributed by atoms with E-state index in [4.69, 9.17) is 26.8 Å². The molecule has 0 aliphatic carbocycles. The lowest BCUT2D eigenvalue weighted by molar-refractivity contribution is 0.102. The van der Waals surface area contributed by atoms with Crippen LogP contribution in [0.5, 0.6) is 11.5 Å². The molecule has 0 aliphatic heterocycles. The van der Waals surface area contributed by atoms with Crippen molar-refractivity contribution in [3.8, 4) is 11.5 Å². The number of hydrogen-bond donors (Lipinski definition) is 2. The maximum absolute atomic E-state index is 12.2. The van der Waals surface area contributed by atoms with Crippen molar-refractivity contribution in [1.82, 2.24) is 4.98 Å². The molecule has 23 heavy (non-hydrogen) atoms. The SMILES string of the molecule is COc1cc(OC)c(NC(=O)c2csc(CCN)n2)cc1Cl.Cl. The van der Waals surface area contributed by atoms with Crippen LogP contribution in [0.2, 0.25) is 5.02 Å². The number of ether oxygens (including phenoxy) is 2. The van der Waals surface area contributed by atoms with Gasteiger partial charge in [-0.15, -0.1) is 23.7 Å². The normalized spacial score (nSPS) is 9.91. The molecule has 0 bridgehead atoms. The molecule has 1 aromatic heterocycles. The van der Waals surface area contributed by atoms with Crippen molar-refractivity contribution >= 4 is 46.9 Å². The number of nitrogens with zero attached hydrogens (tertiary/aromatic N) is 1. The number of hydrogen-bond acceptors (Lipinski definition) is 6. The number of benzene rings is 1. The molecule has 1 heterocycles. The van der Waals surface area contributed by atoms with E-state index in [1.807, 2.05) is 0 Å². The van der Waals surface area contributed by atoms with Crippen molar-refractivity contribution in [3.63, 3.8) is 0 Å². The summed E-state index contributed by atoms with van der Waals surface area (Å²) in [4.78, 5) is 16.5. The third-order valence-electron chi connectivity index (χ3n) is 2.86. The topological polar surface area (TPSA) is 86.5 Å². The molecule has 0 spiro atoms. The molecule has 0 saturated carbocycles. The summed E-state index contributed by atoms with van der Waals surface area (Å²) in [6.45, 7) is 0.497. The predicted octanol–water partition coefficient (Wildman–Crippen LogP) is 2.99. The third-order valence-corrected chi connectivity index (χ3v) is 4.07. The van der Waals surface area contributed by atoms with Crippen LogP contribution in [-0.4, -0.2) is 31.7 Å². The molecule has 2 rings (SSSR count). The second kappa shape index (κ2) is 8.93. The van der Waals surface area contributed by atoms with Gasteiger partial charge in [0.1, 0.15) is 17.2 Å². The van der Waals surface area contributed by atoms with Gasteiger partial charge in [0.25, 0.3) is 5.91 Å². The molecule has 2 aromatic rings. The van der Waals surface area contributed by atoms with Gasteiger partial charge in [-0.1, -0.05) is 11.6 Å². The number of halogens is 2. The molecule has 1 aromatic carbocycles. The Bertz CT molecular complexity index is 679. The Morgan fingerprint density at radius 3 is 2.65 bits per heavy atom. The standard InChI is InChI=1S/C14H16ClN3O3S.ClH/c1-20-11-6-12(21-2)9(5-8(11)15)18-14(19)10-7-22-13(17-10)3-4-16;/h5-7H,3-4,16H2,1-2H3,(H,18,19);1H. The monoisotopic (exact) mass is 377 g/mol. The van der Waals surface area contributed by atoms with Gasteiger partial charge in [-0.05, 0) is 12.6 Å². The summed E-state index contributed by atoms with van der Waals surface area (Å²) in [5.74, 6) is 0.585. The van der Waals surface area contributed by atoms with Gasteiger partial charge in [0, 0.05) is 17.9 Å². The van der Waals surface area contributed by atoms with Gasteiger partial charge < -0.3 is 20.5 Å². The minimum absolute atomic E-state index is 0. The average molecular weight is 378 g/mol. The first-order valence-electron chi connectivity index (χ1n) is 6.46. The summed E-state index contributed by atoms with van der Waals surface area (Å²) in [7, 11) is 3.01. The molecule has 9 heteroatoms. The van der Waals surface area contributed by atoms with Gasteiger partial charge in [0.05, 0.1) is 29.9 Å². The van der Waals surface area contributed by atoms with Crippen LogP contribution in [0.4, 0.5) is 5.69 Å². The number of carbonyl (C=O) groups is 1. The summed E-state index contributed by atoms with van der Waals surface area (Å²) in [6.07, 6.45) is 0.648. The summed E-state index contributed by atoms with van der Waals surface area (Å²) in [5.41, 5.74) is 6.26. The zero-order valence-corrected chi connectivity index (χ0v) is 15.0. The van der Waals surface area contributed by atoms with E-state index < -0.39 is 0 Å². The maximum atomic E-state index is 12.2. The molecule has 0 aliphatic rings. The van der Waals surface area contributed by atoms with E-state index in [0.717, 1.165) is 5.01 Å². The first-order chi connectivity index (χ1) is 10.6. The van der Waals surface area contributed by atoms with Crippen molar-refractivity contribution in [2.24, 2.45) is 5.73 Å². The third kappa shape index (κ3) is 4.71. The van der Waals surface area contributed by atoms with E-state index in [1.54, 1.807) is 17.5 Å². The van der Waals surface area contributed by atoms with E-state index in [2.05, 4.69) is 10.3 Å². The first kappa shape index (κ1) is 19.5. The van der Waals surface area contributed by atoms with Gasteiger partial charge in [-0.3, -0.25) is 4.79 Å². The highest BCUT2D eigenvalue weighted by Crippen LogP contribution is 2.36. The number of methoxy groups -OCH3 is 2. The fourth-order valence-corrected chi connectivity index (χ4v) is 2.83. The zero-order valence-electron chi connectivity index (χ0n) is 12.6. The molecule has 3 N–H and O–H groups in total. The number of amides is 1. The number of carbonyl (C=O) groups excluding carboxylic acids is 1. The van der Waals surface area contributed by atoms with E-state index in [9.17, 15) is 4.79 Å². The van der Waals surface area contributed by atoms with E-state index in [0.29, 0.717) is 40.9 Å². The van der Waals surface area contributed by atoms with E-state index in [1.165, 1.54) is 25.6 Å². The number of aromatic nitrogens is 1. The lowest BCUT2D eigenvalue weighted by atomic mass is 10.2. The van der Waals surface area contributed by atoms with Crippen LogP contribution in [0, 0.1) is 0 Å². The highest BCUT2D eigenvalue weighted by molar-refractivity contribution is 7.09. The van der Waals surface area contributed by atoms with E-state index >= 15 is 0 Å². The first-order valence-corrected chi connectivity index (χ1v) is 7.72. The van der Waals surface area contributed by atoms with Crippen molar-refractivity contribution in [1.29, 1.82) is 0 Å². The van der Waals surface area contributed by atoms with Crippen LogP contribution in [0.25, 0.3) is 0 Å². The number of nitrogens with one attached hydrogen (secondary N) is 1. The Kier molecular flexibility index (Phi) is 7.57. The van der Waals surface area contributed by atoms with Crippen LogP contribution in [0.1, 0.15) is 15.5 Å². The minimum atomic E-state index is -0.334. The van der Waals surface area contributed by atoms with Crippen LogP contribution in [0.3, 0.4) is 0 Å². The molecule has 0 atom stereocenters. The zero-order chi connectivity index (χ0) is 16.1. The van der Waals surface area contributed by atoms with Crippen LogP contribution < -0.4 is 20.5 Å². The Morgan fingerprint density at radius 1 is 1.35 bits per heavy atom. The maximum Gasteiger partial charge on any atom is 0.275 e. The number of rotatable bonds is 6. The lowest BCUT2D eigenvalue weighted by Crippen LogP contribution is -2.13. The Balaban J connectivity index is 0.00000264. The number of nitrogens with two attached hydrogens (primary N) is 1. The number of anilines is 1. The van der Waals surface area contributed by atoms with Gasteiger partial charge in [-0.2, -0.15) is 0 Å².